The van der Waals surface area contributed by atoms with Crippen molar-refractivity contribution in [3.63, 3.8) is 0 Å². The standard InChI is InChI=1S/C25H30N4O5/c1-17-9-7-10-18(2)22(17)34-16-20(30)28(13-8-14-33-3)21-23(26)29(25(32)27-24(21)31)15-19-11-5-4-6-12-19/h4-7,9-12H,8,13-16,26H2,1-3H3,(H,27,31,32). The first-order valence-electron chi connectivity index (χ1n) is 11.0. The second-order valence-electron chi connectivity index (χ2n) is 7.97. The summed E-state index contributed by atoms with van der Waals surface area (Å²) in [4.78, 5) is 42.2. The third kappa shape index (κ3) is 5.74. The predicted octanol–water partition coefficient (Wildman–Crippen LogP) is 2.23. The number of nitrogens with two attached hydrogens (primary N) is 1. The number of hydrogen-bond acceptors (Lipinski definition) is 6. The molecule has 3 N–H and O–H groups in total. The molecule has 0 aliphatic carbocycles. The number of rotatable bonds is 10. The molecule has 3 rings (SSSR count). The van der Waals surface area contributed by atoms with Crippen molar-refractivity contribution in [1.82, 2.24) is 9.55 Å². The number of benzene rings is 2. The second kappa shape index (κ2) is 11.3. The van der Waals surface area contributed by atoms with E-state index in [9.17, 15) is 14.4 Å². The van der Waals surface area contributed by atoms with Crippen molar-refractivity contribution >= 4 is 17.4 Å². The fraction of sp³-hybridized carbons (Fsp3) is 0.320. The average molecular weight is 467 g/mol. The molecule has 2 aromatic carbocycles. The van der Waals surface area contributed by atoms with Gasteiger partial charge in [-0.15, -0.1) is 0 Å². The number of carbonyl (C=O) groups excluding carboxylic acids is 1. The Bertz CT molecular complexity index is 1230. The van der Waals surface area contributed by atoms with E-state index in [1.54, 1.807) is 7.11 Å². The van der Waals surface area contributed by atoms with Crippen LogP contribution in [0.2, 0.25) is 0 Å². The van der Waals surface area contributed by atoms with Crippen molar-refractivity contribution in [3.8, 4) is 5.75 Å². The highest BCUT2D eigenvalue weighted by atomic mass is 16.5. The van der Waals surface area contributed by atoms with Gasteiger partial charge in [-0.25, -0.2) is 4.79 Å². The summed E-state index contributed by atoms with van der Waals surface area (Å²) in [7, 11) is 1.55. The average Bonchev–Trinajstić information content (AvgIpc) is 2.81. The van der Waals surface area contributed by atoms with E-state index in [0.717, 1.165) is 16.7 Å². The maximum absolute atomic E-state index is 13.3. The Kier molecular flexibility index (Phi) is 8.26. The van der Waals surface area contributed by atoms with Crippen LogP contribution in [0.15, 0.2) is 58.1 Å². The van der Waals surface area contributed by atoms with E-state index in [4.69, 9.17) is 15.2 Å². The summed E-state index contributed by atoms with van der Waals surface area (Å²) >= 11 is 0. The summed E-state index contributed by atoms with van der Waals surface area (Å²) < 4.78 is 12.2. The molecule has 0 saturated carbocycles. The molecule has 0 atom stereocenters. The van der Waals surface area contributed by atoms with Gasteiger partial charge in [0.2, 0.25) is 0 Å². The third-order valence-electron chi connectivity index (χ3n) is 5.45. The Balaban J connectivity index is 1.96. The van der Waals surface area contributed by atoms with Crippen LogP contribution in [0.5, 0.6) is 5.75 Å². The fourth-order valence-corrected chi connectivity index (χ4v) is 3.73. The molecular weight excluding hydrogens is 436 g/mol. The van der Waals surface area contributed by atoms with Crippen LogP contribution >= 0.6 is 0 Å². The molecule has 3 aromatic rings. The van der Waals surface area contributed by atoms with E-state index in [1.165, 1.54) is 9.47 Å². The van der Waals surface area contributed by atoms with Gasteiger partial charge < -0.3 is 20.1 Å². The lowest BCUT2D eigenvalue weighted by Gasteiger charge is -2.25. The number of aryl methyl sites for hydroxylation is 2. The molecule has 0 saturated heterocycles. The minimum Gasteiger partial charge on any atom is -0.483 e. The number of ether oxygens (including phenoxy) is 2. The molecule has 0 fully saturated rings. The Hall–Kier alpha value is -3.85. The largest absolute Gasteiger partial charge is 0.483 e. The highest BCUT2D eigenvalue weighted by Gasteiger charge is 2.25. The van der Waals surface area contributed by atoms with Gasteiger partial charge in [0.1, 0.15) is 11.6 Å². The van der Waals surface area contributed by atoms with Crippen LogP contribution in [-0.2, 0) is 16.1 Å². The maximum atomic E-state index is 13.3. The van der Waals surface area contributed by atoms with Gasteiger partial charge in [0, 0.05) is 20.3 Å². The zero-order chi connectivity index (χ0) is 24.7. The number of nitrogen functional groups attached to an aromatic ring is 1. The molecule has 1 heterocycles. The van der Waals surface area contributed by atoms with Crippen LogP contribution in [0, 0.1) is 13.8 Å². The van der Waals surface area contributed by atoms with E-state index in [-0.39, 0.29) is 31.2 Å². The number of aromatic nitrogens is 2. The number of H-pyrrole nitrogens is 1. The van der Waals surface area contributed by atoms with Gasteiger partial charge in [0.15, 0.2) is 12.3 Å². The van der Waals surface area contributed by atoms with Crippen molar-refractivity contribution in [1.29, 1.82) is 0 Å². The summed E-state index contributed by atoms with van der Waals surface area (Å²) in [5.41, 5.74) is 7.46. The van der Waals surface area contributed by atoms with Crippen molar-refractivity contribution < 1.29 is 14.3 Å². The van der Waals surface area contributed by atoms with E-state index in [0.29, 0.717) is 18.8 Å². The fourth-order valence-electron chi connectivity index (χ4n) is 3.73. The van der Waals surface area contributed by atoms with Gasteiger partial charge in [0.05, 0.1) is 6.54 Å². The summed E-state index contributed by atoms with van der Waals surface area (Å²) in [6.07, 6.45) is 0.461. The van der Waals surface area contributed by atoms with E-state index in [1.807, 2.05) is 62.4 Å². The van der Waals surface area contributed by atoms with Crippen LogP contribution in [0.4, 0.5) is 11.5 Å². The molecule has 0 aliphatic rings. The summed E-state index contributed by atoms with van der Waals surface area (Å²) in [6.45, 7) is 4.18. The monoisotopic (exact) mass is 466 g/mol. The highest BCUT2D eigenvalue weighted by Crippen LogP contribution is 2.23. The van der Waals surface area contributed by atoms with Crippen molar-refractivity contribution in [2.24, 2.45) is 0 Å². The quantitative estimate of drug-likeness (QED) is 0.442. The number of para-hydroxylation sites is 1. The van der Waals surface area contributed by atoms with Crippen LogP contribution in [0.1, 0.15) is 23.1 Å². The molecule has 1 amide bonds. The summed E-state index contributed by atoms with van der Waals surface area (Å²) in [5.74, 6) is 0.0694. The molecule has 34 heavy (non-hydrogen) atoms. The van der Waals surface area contributed by atoms with Gasteiger partial charge >= 0.3 is 5.69 Å². The molecular formula is C25H30N4O5. The number of anilines is 2. The highest BCUT2D eigenvalue weighted by molar-refractivity contribution is 5.96. The van der Waals surface area contributed by atoms with E-state index < -0.39 is 17.2 Å². The number of nitrogens with zero attached hydrogens (tertiary/aromatic N) is 2. The number of aromatic amines is 1. The lowest BCUT2D eigenvalue weighted by molar-refractivity contribution is -0.120. The first kappa shape index (κ1) is 24.8. The van der Waals surface area contributed by atoms with Gasteiger partial charge in [0.25, 0.3) is 11.5 Å². The Morgan fingerprint density at radius 1 is 1.06 bits per heavy atom. The Morgan fingerprint density at radius 2 is 1.74 bits per heavy atom. The smallest absolute Gasteiger partial charge is 0.330 e. The molecule has 0 spiro atoms. The SMILES string of the molecule is COCCCN(C(=O)COc1c(C)cccc1C)c1c(N)n(Cc2ccccc2)c(=O)[nH]c1=O. The second-order valence-corrected chi connectivity index (χ2v) is 7.97. The molecule has 0 unspecified atom stereocenters. The van der Waals surface area contributed by atoms with Gasteiger partial charge in [-0.3, -0.25) is 19.1 Å². The number of hydrogen-bond donors (Lipinski definition) is 2. The lowest BCUT2D eigenvalue weighted by Crippen LogP contribution is -2.43. The zero-order valence-corrected chi connectivity index (χ0v) is 19.7. The molecule has 9 nitrogen and oxygen atoms in total. The van der Waals surface area contributed by atoms with Gasteiger partial charge in [-0.05, 0) is 37.0 Å². The summed E-state index contributed by atoms with van der Waals surface area (Å²) in [6, 6.07) is 14.9. The minimum absolute atomic E-state index is 0.0817. The molecule has 0 bridgehead atoms. The predicted molar refractivity (Wildman–Crippen MR) is 132 cm³/mol. The van der Waals surface area contributed by atoms with Gasteiger partial charge in [-0.2, -0.15) is 0 Å². The van der Waals surface area contributed by atoms with Crippen molar-refractivity contribution in [2.75, 3.05) is 37.5 Å². The lowest BCUT2D eigenvalue weighted by atomic mass is 10.1. The Morgan fingerprint density at radius 3 is 2.38 bits per heavy atom. The van der Waals surface area contributed by atoms with E-state index in [2.05, 4.69) is 4.98 Å². The normalized spacial score (nSPS) is 10.8. The number of methoxy groups -OCH3 is 1. The maximum Gasteiger partial charge on any atom is 0.330 e. The van der Waals surface area contributed by atoms with Gasteiger partial charge in [-0.1, -0.05) is 48.5 Å². The molecule has 0 aliphatic heterocycles. The molecule has 180 valence electrons. The number of carbonyl (C=O) groups is 1. The first-order valence-corrected chi connectivity index (χ1v) is 11.0. The topological polar surface area (TPSA) is 120 Å². The third-order valence-corrected chi connectivity index (χ3v) is 5.45. The first-order chi connectivity index (χ1) is 16.3. The van der Waals surface area contributed by atoms with Crippen LogP contribution in [0.3, 0.4) is 0 Å². The van der Waals surface area contributed by atoms with Crippen molar-refractivity contribution in [3.05, 3.63) is 86.1 Å². The molecule has 9 heteroatoms. The van der Waals surface area contributed by atoms with Crippen LogP contribution < -0.4 is 26.6 Å². The van der Waals surface area contributed by atoms with Crippen LogP contribution in [0.25, 0.3) is 0 Å². The van der Waals surface area contributed by atoms with Crippen LogP contribution in [-0.4, -0.2) is 42.3 Å². The van der Waals surface area contributed by atoms with Crippen molar-refractivity contribution in [2.45, 2.75) is 26.8 Å². The minimum atomic E-state index is -0.732. The zero-order valence-electron chi connectivity index (χ0n) is 19.7. The molecule has 1 aromatic heterocycles. The molecule has 0 radical (unpaired) electrons. The Labute approximate surface area is 197 Å². The number of nitrogens with one attached hydrogen (secondary N) is 1. The van der Waals surface area contributed by atoms with E-state index >= 15 is 0 Å². The summed E-state index contributed by atoms with van der Waals surface area (Å²) in [5, 5.41) is 0. The number of amides is 1.